The van der Waals surface area contributed by atoms with Gasteiger partial charge in [-0.15, -0.1) is 0 Å². The summed E-state index contributed by atoms with van der Waals surface area (Å²) in [5, 5.41) is 4.68. The fourth-order valence-electron chi connectivity index (χ4n) is 4.30. The van der Waals surface area contributed by atoms with Gasteiger partial charge in [-0.3, -0.25) is 14.3 Å². The second kappa shape index (κ2) is 10.6. The average Bonchev–Trinajstić information content (AvgIpc) is 3.15. The number of rotatable bonds is 6. The van der Waals surface area contributed by atoms with E-state index in [4.69, 9.17) is 4.74 Å². The summed E-state index contributed by atoms with van der Waals surface area (Å²) >= 11 is 0. The summed E-state index contributed by atoms with van der Waals surface area (Å²) in [6.45, 7) is 8.77. The van der Waals surface area contributed by atoms with Gasteiger partial charge >= 0.3 is 0 Å². The number of carbonyl (C=O) groups is 2. The molecule has 0 unspecified atom stereocenters. The molecule has 35 heavy (non-hydrogen) atoms. The van der Waals surface area contributed by atoms with Crippen LogP contribution in [0.5, 0.6) is 5.75 Å². The molecule has 2 amide bonds. The van der Waals surface area contributed by atoms with Crippen LogP contribution in [0.25, 0.3) is 6.08 Å². The van der Waals surface area contributed by atoms with Crippen LogP contribution >= 0.6 is 0 Å². The molecule has 4 rings (SSSR count). The van der Waals surface area contributed by atoms with Crippen LogP contribution in [0.3, 0.4) is 0 Å². The molecule has 0 N–H and O–H groups in total. The van der Waals surface area contributed by atoms with Gasteiger partial charge in [-0.2, -0.15) is 5.10 Å². The van der Waals surface area contributed by atoms with Gasteiger partial charge in [0.2, 0.25) is 5.91 Å². The van der Waals surface area contributed by atoms with Gasteiger partial charge in [0.25, 0.3) is 5.91 Å². The lowest BCUT2D eigenvalue weighted by Crippen LogP contribution is -2.50. The molecule has 2 aromatic carbocycles. The van der Waals surface area contributed by atoms with Crippen LogP contribution in [0.4, 0.5) is 0 Å². The Labute approximate surface area is 206 Å². The second-order valence-corrected chi connectivity index (χ2v) is 8.91. The first-order chi connectivity index (χ1) is 16.9. The van der Waals surface area contributed by atoms with Crippen LogP contribution in [0.1, 0.15) is 38.4 Å². The number of benzene rings is 2. The first kappa shape index (κ1) is 24.3. The van der Waals surface area contributed by atoms with Crippen LogP contribution in [0, 0.1) is 20.8 Å². The molecule has 7 heteroatoms. The number of carbonyl (C=O) groups excluding carboxylic acids is 2. The molecule has 2 heterocycles. The summed E-state index contributed by atoms with van der Waals surface area (Å²) in [5.74, 6) is 0.560. The number of amides is 2. The third-order valence-corrected chi connectivity index (χ3v) is 6.48. The van der Waals surface area contributed by atoms with Crippen LogP contribution < -0.4 is 4.74 Å². The topological polar surface area (TPSA) is 67.7 Å². The normalized spacial score (nSPS) is 13.9. The Balaban J connectivity index is 1.36. The number of nitrogens with zero attached hydrogens (tertiary/aromatic N) is 4. The van der Waals surface area contributed by atoms with Gasteiger partial charge in [0.05, 0.1) is 19.3 Å². The van der Waals surface area contributed by atoms with Gasteiger partial charge in [0.15, 0.2) is 0 Å². The maximum Gasteiger partial charge on any atom is 0.254 e. The van der Waals surface area contributed by atoms with Crippen molar-refractivity contribution in [2.24, 2.45) is 0 Å². The third kappa shape index (κ3) is 5.62. The fourth-order valence-corrected chi connectivity index (χ4v) is 4.30. The van der Waals surface area contributed by atoms with E-state index < -0.39 is 0 Å². The van der Waals surface area contributed by atoms with Crippen molar-refractivity contribution in [3.8, 4) is 5.75 Å². The zero-order valence-electron chi connectivity index (χ0n) is 20.8. The van der Waals surface area contributed by atoms with Gasteiger partial charge in [0, 0.05) is 49.1 Å². The van der Waals surface area contributed by atoms with E-state index in [9.17, 15) is 9.59 Å². The molecule has 182 valence electrons. The Kier molecular flexibility index (Phi) is 7.34. The van der Waals surface area contributed by atoms with Crippen molar-refractivity contribution in [3.05, 3.63) is 88.2 Å². The Morgan fingerprint density at radius 2 is 1.66 bits per heavy atom. The van der Waals surface area contributed by atoms with Crippen molar-refractivity contribution in [3.63, 3.8) is 0 Å². The molecular weight excluding hydrogens is 440 g/mol. The summed E-state index contributed by atoms with van der Waals surface area (Å²) in [4.78, 5) is 29.2. The van der Waals surface area contributed by atoms with E-state index >= 15 is 0 Å². The Morgan fingerprint density at radius 3 is 2.34 bits per heavy atom. The van der Waals surface area contributed by atoms with Crippen molar-refractivity contribution in [2.45, 2.75) is 27.3 Å². The highest BCUT2D eigenvalue weighted by atomic mass is 16.5. The molecule has 0 spiro atoms. The molecule has 1 aromatic heterocycles. The lowest BCUT2D eigenvalue weighted by molar-refractivity contribution is -0.127. The number of ether oxygens (including phenoxy) is 1. The highest BCUT2D eigenvalue weighted by molar-refractivity contribution is 5.95. The van der Waals surface area contributed by atoms with Crippen LogP contribution in [-0.2, 0) is 11.3 Å². The van der Waals surface area contributed by atoms with Gasteiger partial charge in [-0.25, -0.2) is 0 Å². The number of aryl methyl sites for hydroxylation is 2. The van der Waals surface area contributed by atoms with Crippen molar-refractivity contribution in [1.82, 2.24) is 19.6 Å². The molecule has 1 saturated heterocycles. The van der Waals surface area contributed by atoms with Crippen LogP contribution in [0.15, 0.2) is 54.6 Å². The van der Waals surface area contributed by atoms with E-state index in [0.29, 0.717) is 44.0 Å². The third-order valence-electron chi connectivity index (χ3n) is 6.48. The van der Waals surface area contributed by atoms with Crippen LogP contribution in [0.2, 0.25) is 0 Å². The van der Waals surface area contributed by atoms with Crippen molar-refractivity contribution >= 4 is 17.9 Å². The zero-order chi connectivity index (χ0) is 24.9. The molecule has 1 aliphatic heterocycles. The summed E-state index contributed by atoms with van der Waals surface area (Å²) in [6.07, 6.45) is 3.48. The molecule has 0 bridgehead atoms. The van der Waals surface area contributed by atoms with Gasteiger partial charge < -0.3 is 14.5 Å². The minimum absolute atomic E-state index is 0.0428. The molecule has 0 radical (unpaired) electrons. The number of hydrogen-bond acceptors (Lipinski definition) is 4. The molecule has 3 aromatic rings. The predicted octanol–water partition coefficient (Wildman–Crippen LogP) is 3.86. The molecule has 0 atom stereocenters. The lowest BCUT2D eigenvalue weighted by Gasteiger charge is -2.34. The Hall–Kier alpha value is -3.87. The SMILES string of the molecule is COc1cccc(C(=O)N2CCN(C(=O)C=Cc3c(C)nn(Cc4ccc(C)cc4)c3C)CC2)c1. The molecule has 1 fully saturated rings. The van der Waals surface area contributed by atoms with E-state index in [1.54, 1.807) is 35.1 Å². The smallest absolute Gasteiger partial charge is 0.254 e. The van der Waals surface area contributed by atoms with E-state index in [1.807, 2.05) is 36.7 Å². The molecule has 1 aliphatic rings. The minimum Gasteiger partial charge on any atom is -0.497 e. The minimum atomic E-state index is -0.0523. The largest absolute Gasteiger partial charge is 0.497 e. The van der Waals surface area contributed by atoms with E-state index in [1.165, 1.54) is 11.1 Å². The highest BCUT2D eigenvalue weighted by Gasteiger charge is 2.24. The van der Waals surface area contributed by atoms with Crippen molar-refractivity contribution in [2.75, 3.05) is 33.3 Å². The zero-order valence-corrected chi connectivity index (χ0v) is 20.8. The maximum atomic E-state index is 12.8. The maximum absolute atomic E-state index is 12.8. The van der Waals surface area contributed by atoms with Crippen LogP contribution in [-0.4, -0.2) is 64.7 Å². The number of piperazine rings is 1. The lowest BCUT2D eigenvalue weighted by atomic mass is 10.1. The number of hydrogen-bond donors (Lipinski definition) is 0. The van der Waals surface area contributed by atoms with Gasteiger partial charge in [-0.05, 0) is 50.6 Å². The monoisotopic (exact) mass is 472 g/mol. The van der Waals surface area contributed by atoms with Crippen molar-refractivity contribution < 1.29 is 14.3 Å². The molecule has 0 saturated carbocycles. The summed E-state index contributed by atoms with van der Waals surface area (Å²) in [6, 6.07) is 15.6. The van der Waals surface area contributed by atoms with Gasteiger partial charge in [-0.1, -0.05) is 35.9 Å². The highest BCUT2D eigenvalue weighted by Crippen LogP contribution is 2.18. The fraction of sp³-hybridized carbons (Fsp3) is 0.321. The molecular formula is C28H32N4O3. The summed E-state index contributed by atoms with van der Waals surface area (Å²) < 4.78 is 7.20. The van der Waals surface area contributed by atoms with E-state index in [0.717, 1.165) is 17.0 Å². The number of aromatic nitrogens is 2. The summed E-state index contributed by atoms with van der Waals surface area (Å²) in [5.41, 5.74) is 5.91. The second-order valence-electron chi connectivity index (χ2n) is 8.91. The molecule has 7 nitrogen and oxygen atoms in total. The predicted molar refractivity (Wildman–Crippen MR) is 136 cm³/mol. The average molecular weight is 473 g/mol. The Bertz CT molecular complexity index is 1240. The molecule has 0 aliphatic carbocycles. The first-order valence-corrected chi connectivity index (χ1v) is 11.9. The summed E-state index contributed by atoms with van der Waals surface area (Å²) in [7, 11) is 1.58. The van der Waals surface area contributed by atoms with E-state index in [-0.39, 0.29) is 11.8 Å². The first-order valence-electron chi connectivity index (χ1n) is 11.9. The quantitative estimate of drug-likeness (QED) is 0.511. The van der Waals surface area contributed by atoms with E-state index in [2.05, 4.69) is 36.3 Å². The number of methoxy groups -OCH3 is 1. The standard InChI is InChI=1S/C28H32N4O3/c1-20-8-10-23(11-9-20)19-32-22(3)26(21(2)29-32)12-13-27(33)30-14-16-31(17-15-30)28(34)24-6-5-7-25(18-24)35-4/h5-13,18H,14-17,19H2,1-4H3. The Morgan fingerprint density at radius 1 is 0.971 bits per heavy atom. The van der Waals surface area contributed by atoms with Crippen molar-refractivity contribution in [1.29, 1.82) is 0 Å². The van der Waals surface area contributed by atoms with Gasteiger partial charge in [0.1, 0.15) is 5.75 Å².